The Morgan fingerprint density at radius 3 is 2.40 bits per heavy atom. The first-order chi connectivity index (χ1) is 9.39. The number of likely N-dealkylation sites (N-methyl/N-ethyl adjacent to an activating group) is 1. The highest BCUT2D eigenvalue weighted by Crippen LogP contribution is 2.50. The first kappa shape index (κ1) is 16.3. The summed E-state index contributed by atoms with van der Waals surface area (Å²) in [6.45, 7) is 9.62. The van der Waals surface area contributed by atoms with Crippen LogP contribution in [0.3, 0.4) is 0 Å². The highest BCUT2D eigenvalue weighted by atomic mass is 16.5. The minimum Gasteiger partial charge on any atom is -0.378 e. The summed E-state index contributed by atoms with van der Waals surface area (Å²) in [6.07, 6.45) is 8.43. The van der Waals surface area contributed by atoms with E-state index in [0.29, 0.717) is 6.10 Å². The molecule has 0 aromatic rings. The van der Waals surface area contributed by atoms with Gasteiger partial charge in [-0.05, 0) is 39.2 Å². The summed E-state index contributed by atoms with van der Waals surface area (Å²) in [5, 5.41) is 0. The molecule has 0 radical (unpaired) electrons. The monoisotopic (exact) mass is 282 g/mol. The van der Waals surface area contributed by atoms with Gasteiger partial charge in [-0.2, -0.15) is 0 Å². The maximum Gasteiger partial charge on any atom is 0.0662 e. The van der Waals surface area contributed by atoms with E-state index in [-0.39, 0.29) is 11.0 Å². The summed E-state index contributed by atoms with van der Waals surface area (Å²) < 4.78 is 5.82. The molecule has 0 spiro atoms. The first-order valence-corrected chi connectivity index (χ1v) is 8.48. The fourth-order valence-electron chi connectivity index (χ4n) is 4.13. The third-order valence-electron chi connectivity index (χ3n) is 5.85. The quantitative estimate of drug-likeness (QED) is 0.814. The van der Waals surface area contributed by atoms with E-state index in [1.807, 2.05) is 0 Å². The van der Waals surface area contributed by atoms with E-state index >= 15 is 0 Å². The van der Waals surface area contributed by atoms with Gasteiger partial charge in [0.15, 0.2) is 0 Å². The van der Waals surface area contributed by atoms with Crippen molar-refractivity contribution < 1.29 is 4.74 Å². The van der Waals surface area contributed by atoms with Crippen molar-refractivity contribution in [2.75, 3.05) is 26.7 Å². The van der Waals surface area contributed by atoms with Crippen molar-refractivity contribution in [3.8, 4) is 0 Å². The van der Waals surface area contributed by atoms with Crippen LogP contribution in [0, 0.1) is 11.3 Å². The second-order valence-corrected chi connectivity index (χ2v) is 7.73. The molecule has 0 bridgehead atoms. The van der Waals surface area contributed by atoms with Crippen molar-refractivity contribution >= 4 is 0 Å². The van der Waals surface area contributed by atoms with E-state index in [1.54, 1.807) is 0 Å². The van der Waals surface area contributed by atoms with E-state index in [0.717, 1.165) is 25.5 Å². The molecule has 0 aliphatic heterocycles. The Morgan fingerprint density at radius 2 is 1.85 bits per heavy atom. The van der Waals surface area contributed by atoms with Crippen LogP contribution in [0.15, 0.2) is 0 Å². The van der Waals surface area contributed by atoms with E-state index in [1.165, 1.54) is 38.6 Å². The zero-order valence-electron chi connectivity index (χ0n) is 14.0. The van der Waals surface area contributed by atoms with E-state index in [9.17, 15) is 0 Å². The van der Waals surface area contributed by atoms with Crippen LogP contribution in [-0.4, -0.2) is 43.3 Å². The van der Waals surface area contributed by atoms with Crippen molar-refractivity contribution in [1.29, 1.82) is 0 Å². The fourth-order valence-corrected chi connectivity index (χ4v) is 4.13. The molecular weight excluding hydrogens is 248 g/mol. The lowest BCUT2D eigenvalue weighted by molar-refractivity contribution is -0.155. The van der Waals surface area contributed by atoms with Crippen molar-refractivity contribution in [1.82, 2.24) is 4.90 Å². The Kier molecular flexibility index (Phi) is 5.14. The Hall–Kier alpha value is -0.120. The predicted molar refractivity (Wildman–Crippen MR) is 84.8 cm³/mol. The molecular formula is C17H34N2O. The van der Waals surface area contributed by atoms with Crippen LogP contribution < -0.4 is 5.73 Å². The van der Waals surface area contributed by atoms with Gasteiger partial charge < -0.3 is 15.4 Å². The molecule has 2 fully saturated rings. The zero-order chi connectivity index (χ0) is 14.8. The number of hydrogen-bond donors (Lipinski definition) is 1. The summed E-state index contributed by atoms with van der Waals surface area (Å²) in [5.41, 5.74) is 6.69. The summed E-state index contributed by atoms with van der Waals surface area (Å²) in [7, 11) is 2.24. The molecule has 2 aliphatic carbocycles. The molecule has 0 aromatic carbocycles. The second kappa shape index (κ2) is 6.33. The Labute approximate surface area is 125 Å². The van der Waals surface area contributed by atoms with Gasteiger partial charge in [0.2, 0.25) is 0 Å². The minimum atomic E-state index is -0.0871. The van der Waals surface area contributed by atoms with Crippen LogP contribution in [0.2, 0.25) is 0 Å². The molecule has 2 aliphatic rings. The normalized spacial score (nSPS) is 34.2. The smallest absolute Gasteiger partial charge is 0.0662 e. The maximum atomic E-state index is 6.69. The van der Waals surface area contributed by atoms with Gasteiger partial charge in [-0.25, -0.2) is 0 Å². The first-order valence-electron chi connectivity index (χ1n) is 8.48. The lowest BCUT2D eigenvalue weighted by Gasteiger charge is -2.60. The van der Waals surface area contributed by atoms with Crippen LogP contribution in [0.4, 0.5) is 0 Å². The number of nitrogens with zero attached hydrogens (tertiary/aromatic N) is 1. The average molecular weight is 282 g/mol. The highest BCUT2D eigenvalue weighted by molar-refractivity contribution is 5.14. The van der Waals surface area contributed by atoms with Crippen LogP contribution in [0.5, 0.6) is 0 Å². The molecule has 0 heterocycles. The molecule has 2 N–H and O–H groups in total. The molecule has 2 rings (SSSR count). The number of nitrogens with two attached hydrogens (primary N) is 1. The minimum absolute atomic E-state index is 0.0871. The molecule has 3 nitrogen and oxygen atoms in total. The van der Waals surface area contributed by atoms with E-state index < -0.39 is 0 Å². The van der Waals surface area contributed by atoms with Gasteiger partial charge in [0.25, 0.3) is 0 Å². The fraction of sp³-hybridized carbons (Fsp3) is 1.00. The van der Waals surface area contributed by atoms with E-state index in [4.69, 9.17) is 10.5 Å². The standard InChI is InChI=1S/C17H34N2O/c1-5-20-15-11-17(18,16(15,2)3)13-19(4)12-14-9-7-6-8-10-14/h14-15H,5-13,18H2,1-4H3. The van der Waals surface area contributed by atoms with Gasteiger partial charge in [0.1, 0.15) is 0 Å². The van der Waals surface area contributed by atoms with Crippen molar-refractivity contribution in [3.05, 3.63) is 0 Å². The van der Waals surface area contributed by atoms with Crippen LogP contribution in [0.1, 0.15) is 59.3 Å². The molecule has 20 heavy (non-hydrogen) atoms. The van der Waals surface area contributed by atoms with Crippen molar-refractivity contribution in [2.45, 2.75) is 70.9 Å². The van der Waals surface area contributed by atoms with Gasteiger partial charge in [-0.1, -0.05) is 33.1 Å². The maximum absolute atomic E-state index is 6.69. The van der Waals surface area contributed by atoms with Gasteiger partial charge in [-0.15, -0.1) is 0 Å². The molecule has 0 amide bonds. The number of rotatable bonds is 6. The number of hydrogen-bond acceptors (Lipinski definition) is 3. The molecule has 118 valence electrons. The summed E-state index contributed by atoms with van der Waals surface area (Å²) in [6, 6.07) is 0. The second-order valence-electron chi connectivity index (χ2n) is 7.73. The molecule has 2 atom stereocenters. The molecule has 2 saturated carbocycles. The molecule has 3 heteroatoms. The molecule has 2 unspecified atom stereocenters. The van der Waals surface area contributed by atoms with Crippen molar-refractivity contribution in [2.24, 2.45) is 17.1 Å². The van der Waals surface area contributed by atoms with Gasteiger partial charge in [0, 0.05) is 30.7 Å². The van der Waals surface area contributed by atoms with Crippen LogP contribution in [-0.2, 0) is 4.74 Å². The number of ether oxygens (including phenoxy) is 1. The van der Waals surface area contributed by atoms with Gasteiger partial charge in [0.05, 0.1) is 6.10 Å². The Balaban J connectivity index is 1.82. The van der Waals surface area contributed by atoms with Crippen molar-refractivity contribution in [3.63, 3.8) is 0 Å². The Morgan fingerprint density at radius 1 is 1.20 bits per heavy atom. The van der Waals surface area contributed by atoms with Crippen LogP contribution >= 0.6 is 0 Å². The topological polar surface area (TPSA) is 38.5 Å². The lowest BCUT2D eigenvalue weighted by Crippen LogP contribution is -2.73. The molecule has 0 aromatic heterocycles. The third-order valence-corrected chi connectivity index (χ3v) is 5.85. The summed E-state index contributed by atoms with van der Waals surface area (Å²) in [4.78, 5) is 2.47. The van der Waals surface area contributed by atoms with E-state index in [2.05, 4.69) is 32.7 Å². The van der Waals surface area contributed by atoms with Gasteiger partial charge >= 0.3 is 0 Å². The zero-order valence-corrected chi connectivity index (χ0v) is 14.0. The van der Waals surface area contributed by atoms with Gasteiger partial charge in [-0.3, -0.25) is 0 Å². The Bertz CT molecular complexity index is 312. The predicted octanol–water partition coefficient (Wildman–Crippen LogP) is 3.03. The summed E-state index contributed by atoms with van der Waals surface area (Å²) in [5.74, 6) is 0.892. The SMILES string of the molecule is CCOC1CC(N)(CN(C)CC2CCCCC2)C1(C)C. The lowest BCUT2D eigenvalue weighted by atomic mass is 9.54. The highest BCUT2D eigenvalue weighted by Gasteiger charge is 2.58. The summed E-state index contributed by atoms with van der Waals surface area (Å²) >= 11 is 0. The third kappa shape index (κ3) is 3.20. The average Bonchev–Trinajstić information content (AvgIpc) is 2.39. The molecule has 0 saturated heterocycles. The largest absolute Gasteiger partial charge is 0.378 e. The van der Waals surface area contributed by atoms with Crippen LogP contribution in [0.25, 0.3) is 0 Å².